The first-order valence-electron chi connectivity index (χ1n) is 6.09. The first kappa shape index (κ1) is 14.5. The third-order valence-electron chi connectivity index (χ3n) is 3.49. The molecular formula is C12H18BrNO2S2. The average Bonchev–Trinajstić information content (AvgIpc) is 2.84. The summed E-state index contributed by atoms with van der Waals surface area (Å²) in [5, 5.41) is 3.20. The first-order chi connectivity index (χ1) is 8.50. The van der Waals surface area contributed by atoms with Crippen molar-refractivity contribution in [2.75, 3.05) is 25.1 Å². The van der Waals surface area contributed by atoms with Crippen LogP contribution in [-0.4, -0.2) is 33.5 Å². The first-order valence-corrected chi connectivity index (χ1v) is 9.52. The minimum atomic E-state index is -2.78. The van der Waals surface area contributed by atoms with E-state index in [1.165, 1.54) is 4.88 Å². The summed E-state index contributed by atoms with van der Waals surface area (Å²) in [4.78, 5) is 1.33. The van der Waals surface area contributed by atoms with Gasteiger partial charge in [0, 0.05) is 4.88 Å². The van der Waals surface area contributed by atoms with Gasteiger partial charge in [-0.05, 0) is 66.3 Å². The molecule has 0 bridgehead atoms. The van der Waals surface area contributed by atoms with Gasteiger partial charge in [-0.1, -0.05) is 0 Å². The molecule has 0 aliphatic carbocycles. The highest BCUT2D eigenvalue weighted by Crippen LogP contribution is 2.31. The zero-order chi connectivity index (χ0) is 13.2. The maximum atomic E-state index is 11.6. The Bertz CT molecular complexity index is 498. The van der Waals surface area contributed by atoms with Crippen LogP contribution in [0.3, 0.4) is 0 Å². The van der Waals surface area contributed by atoms with Crippen LogP contribution >= 0.6 is 27.3 Å². The fourth-order valence-corrected chi connectivity index (χ4v) is 6.08. The van der Waals surface area contributed by atoms with Crippen LogP contribution in [-0.2, 0) is 16.3 Å². The lowest BCUT2D eigenvalue weighted by atomic mass is 9.88. The number of nitrogens with one attached hydrogen (secondary N) is 1. The molecule has 102 valence electrons. The minimum absolute atomic E-state index is 0.309. The van der Waals surface area contributed by atoms with Crippen molar-refractivity contribution in [3.63, 3.8) is 0 Å². The maximum absolute atomic E-state index is 11.6. The molecule has 1 aliphatic rings. The van der Waals surface area contributed by atoms with Crippen molar-refractivity contribution < 1.29 is 8.42 Å². The SMILES string of the molecule is CNCC(Cc1ccc(Br)s1)C1CCS(=O)(=O)C1. The second kappa shape index (κ2) is 6.03. The molecule has 18 heavy (non-hydrogen) atoms. The van der Waals surface area contributed by atoms with Gasteiger partial charge in [0.25, 0.3) is 0 Å². The van der Waals surface area contributed by atoms with Crippen LogP contribution in [0.5, 0.6) is 0 Å². The number of hydrogen-bond acceptors (Lipinski definition) is 4. The Morgan fingerprint density at radius 3 is 2.83 bits per heavy atom. The van der Waals surface area contributed by atoms with Crippen molar-refractivity contribution in [2.45, 2.75) is 12.8 Å². The van der Waals surface area contributed by atoms with E-state index in [2.05, 4.69) is 33.4 Å². The summed E-state index contributed by atoms with van der Waals surface area (Å²) < 4.78 is 24.3. The van der Waals surface area contributed by atoms with E-state index in [1.54, 1.807) is 11.3 Å². The number of hydrogen-bond donors (Lipinski definition) is 1. The largest absolute Gasteiger partial charge is 0.319 e. The molecular weight excluding hydrogens is 334 g/mol. The molecule has 0 spiro atoms. The average molecular weight is 352 g/mol. The summed E-state index contributed by atoms with van der Waals surface area (Å²) in [6.07, 6.45) is 1.79. The molecule has 1 aromatic heterocycles. The summed E-state index contributed by atoms with van der Waals surface area (Å²) in [5.74, 6) is 1.46. The van der Waals surface area contributed by atoms with Gasteiger partial charge in [0.1, 0.15) is 0 Å². The molecule has 0 amide bonds. The Labute approximate surface area is 121 Å². The normalized spacial score (nSPS) is 24.2. The highest BCUT2D eigenvalue weighted by molar-refractivity contribution is 9.11. The molecule has 6 heteroatoms. The van der Waals surface area contributed by atoms with E-state index in [1.807, 2.05) is 7.05 Å². The van der Waals surface area contributed by atoms with Gasteiger partial charge < -0.3 is 5.32 Å². The molecule has 1 fully saturated rings. The lowest BCUT2D eigenvalue weighted by Gasteiger charge is -2.21. The highest BCUT2D eigenvalue weighted by Gasteiger charge is 2.33. The summed E-state index contributed by atoms with van der Waals surface area (Å²) in [5.41, 5.74) is 0. The summed E-state index contributed by atoms with van der Waals surface area (Å²) in [7, 11) is -0.848. The fraction of sp³-hybridized carbons (Fsp3) is 0.667. The number of thiophene rings is 1. The molecule has 2 heterocycles. The standard InChI is InChI=1S/C12H18BrNO2S2/c1-14-7-10(6-11-2-3-12(13)17-11)9-4-5-18(15,16)8-9/h2-3,9-10,14H,4-8H2,1H3. The molecule has 1 N–H and O–H groups in total. The maximum Gasteiger partial charge on any atom is 0.150 e. The Balaban J connectivity index is 2.04. The topological polar surface area (TPSA) is 46.2 Å². The van der Waals surface area contributed by atoms with Gasteiger partial charge in [0.15, 0.2) is 9.84 Å². The summed E-state index contributed by atoms with van der Waals surface area (Å²) >= 11 is 5.21. The van der Waals surface area contributed by atoms with E-state index < -0.39 is 9.84 Å². The van der Waals surface area contributed by atoms with Crippen molar-refractivity contribution in [1.29, 1.82) is 0 Å². The third kappa shape index (κ3) is 3.79. The lowest BCUT2D eigenvalue weighted by molar-refractivity contribution is 0.353. The second-order valence-corrected chi connectivity index (χ2v) is 9.67. The lowest BCUT2D eigenvalue weighted by Crippen LogP contribution is -2.28. The number of rotatable bonds is 5. The van der Waals surface area contributed by atoms with E-state index in [9.17, 15) is 8.42 Å². The van der Waals surface area contributed by atoms with Gasteiger partial charge in [-0.3, -0.25) is 0 Å². The van der Waals surface area contributed by atoms with Crippen molar-refractivity contribution in [3.8, 4) is 0 Å². The second-order valence-electron chi connectivity index (χ2n) is 4.89. The van der Waals surface area contributed by atoms with Gasteiger partial charge in [-0.15, -0.1) is 11.3 Å². The quantitative estimate of drug-likeness (QED) is 0.885. The minimum Gasteiger partial charge on any atom is -0.319 e. The van der Waals surface area contributed by atoms with Crippen LogP contribution in [0.1, 0.15) is 11.3 Å². The number of halogens is 1. The van der Waals surface area contributed by atoms with Gasteiger partial charge in [0.05, 0.1) is 15.3 Å². The van der Waals surface area contributed by atoms with E-state index in [-0.39, 0.29) is 0 Å². The molecule has 0 radical (unpaired) electrons. The molecule has 1 aliphatic heterocycles. The predicted molar refractivity (Wildman–Crippen MR) is 79.9 cm³/mol. The van der Waals surface area contributed by atoms with Crippen molar-refractivity contribution in [3.05, 3.63) is 20.8 Å². The van der Waals surface area contributed by atoms with Crippen LogP contribution in [0.2, 0.25) is 0 Å². The fourth-order valence-electron chi connectivity index (χ4n) is 2.58. The molecule has 0 aromatic carbocycles. The Morgan fingerprint density at radius 1 is 1.56 bits per heavy atom. The van der Waals surface area contributed by atoms with Crippen LogP contribution in [0.15, 0.2) is 15.9 Å². The molecule has 2 unspecified atom stereocenters. The zero-order valence-corrected chi connectivity index (χ0v) is 13.6. The van der Waals surface area contributed by atoms with Gasteiger partial charge in [0.2, 0.25) is 0 Å². The molecule has 0 saturated carbocycles. The monoisotopic (exact) mass is 351 g/mol. The number of sulfone groups is 1. The molecule has 1 aromatic rings. The summed E-state index contributed by atoms with van der Waals surface area (Å²) in [6, 6.07) is 4.18. The van der Waals surface area contributed by atoms with Gasteiger partial charge in [-0.25, -0.2) is 8.42 Å². The van der Waals surface area contributed by atoms with E-state index in [0.717, 1.165) is 23.2 Å². The Hall–Kier alpha value is 0.0900. The van der Waals surface area contributed by atoms with Crippen molar-refractivity contribution in [1.82, 2.24) is 5.32 Å². The van der Waals surface area contributed by atoms with Crippen LogP contribution in [0, 0.1) is 11.8 Å². The Morgan fingerprint density at radius 2 is 2.33 bits per heavy atom. The van der Waals surface area contributed by atoms with E-state index in [0.29, 0.717) is 23.3 Å². The van der Waals surface area contributed by atoms with E-state index in [4.69, 9.17) is 0 Å². The Kier molecular flexibility index (Phi) is 4.86. The zero-order valence-electron chi connectivity index (χ0n) is 10.4. The molecule has 2 rings (SSSR count). The third-order valence-corrected chi connectivity index (χ3v) is 6.93. The van der Waals surface area contributed by atoms with Crippen molar-refractivity contribution in [2.24, 2.45) is 11.8 Å². The molecule has 3 nitrogen and oxygen atoms in total. The predicted octanol–water partition coefficient (Wildman–Crippen LogP) is 2.32. The van der Waals surface area contributed by atoms with Gasteiger partial charge >= 0.3 is 0 Å². The van der Waals surface area contributed by atoms with E-state index >= 15 is 0 Å². The molecule has 2 atom stereocenters. The van der Waals surface area contributed by atoms with Crippen LogP contribution in [0.25, 0.3) is 0 Å². The van der Waals surface area contributed by atoms with Gasteiger partial charge in [-0.2, -0.15) is 0 Å². The molecule has 1 saturated heterocycles. The smallest absolute Gasteiger partial charge is 0.150 e. The van der Waals surface area contributed by atoms with Crippen LogP contribution < -0.4 is 5.32 Å². The highest BCUT2D eigenvalue weighted by atomic mass is 79.9. The van der Waals surface area contributed by atoms with Crippen LogP contribution in [0.4, 0.5) is 0 Å². The summed E-state index contributed by atoms with van der Waals surface area (Å²) in [6.45, 7) is 0.885. The van der Waals surface area contributed by atoms with Crippen molar-refractivity contribution >= 4 is 37.1 Å².